The summed E-state index contributed by atoms with van der Waals surface area (Å²) in [4.78, 5) is 4.05. The molecule has 1 aliphatic rings. The number of allylic oxidation sites excluding steroid dienone is 2. The van der Waals surface area contributed by atoms with Gasteiger partial charge in [-0.15, -0.1) is 6.58 Å². The lowest BCUT2D eigenvalue weighted by molar-refractivity contribution is 0.504. The molecule has 2 rings (SSSR count). The van der Waals surface area contributed by atoms with Crippen LogP contribution in [-0.2, 0) is 0 Å². The molecule has 0 aromatic heterocycles. The zero-order valence-electron chi connectivity index (χ0n) is 14.7. The summed E-state index contributed by atoms with van der Waals surface area (Å²) in [5.74, 6) is 0. The van der Waals surface area contributed by atoms with E-state index in [2.05, 4.69) is 75.3 Å². The Balaban J connectivity index is 2.21. The number of hydrogen-bond acceptors (Lipinski definition) is 1. The third-order valence-electron chi connectivity index (χ3n) is 4.50. The first kappa shape index (κ1) is 17.2. The van der Waals surface area contributed by atoms with Crippen LogP contribution in [-0.4, -0.2) is 13.8 Å². The maximum Gasteiger partial charge on any atom is 0.134 e. The van der Waals surface area contributed by atoms with Gasteiger partial charge < -0.3 is 4.98 Å². The molecule has 0 radical (unpaired) electrons. The first-order valence-electron chi connectivity index (χ1n) is 8.53. The van der Waals surface area contributed by atoms with Crippen molar-refractivity contribution < 1.29 is 0 Å². The monoisotopic (exact) mass is 313 g/mol. The van der Waals surface area contributed by atoms with Gasteiger partial charge in [0, 0.05) is 11.1 Å². The number of unbranched alkanes of at least 4 members (excludes halogenated alkanes) is 2. The van der Waals surface area contributed by atoms with E-state index >= 15 is 0 Å². The summed E-state index contributed by atoms with van der Waals surface area (Å²) in [5.41, 5.74) is 3.70. The summed E-state index contributed by atoms with van der Waals surface area (Å²) in [6, 6.07) is 10.2. The number of fused-ring (bicyclic) bond motifs is 1. The zero-order valence-corrected chi connectivity index (χ0v) is 15.7. The van der Waals surface area contributed by atoms with Gasteiger partial charge in [-0.25, -0.2) is 0 Å². The standard InChI is InChI=1S/C20H31NSi/c1-6-7-8-11-16-22(5,21-20(2,3)4)19-15-14-17-12-9-10-13-18(17)19/h6,9-10,12-15,19,21H,1,7-8,11,16H2,2-5H3. The lowest BCUT2D eigenvalue weighted by Crippen LogP contribution is -2.59. The van der Waals surface area contributed by atoms with Crippen LogP contribution in [0.5, 0.6) is 0 Å². The van der Waals surface area contributed by atoms with Crippen molar-refractivity contribution in [2.45, 2.75) is 63.7 Å². The fourth-order valence-corrected chi connectivity index (χ4v) is 8.50. The predicted molar refractivity (Wildman–Crippen MR) is 102 cm³/mol. The van der Waals surface area contributed by atoms with Crippen LogP contribution in [0.15, 0.2) is 43.0 Å². The van der Waals surface area contributed by atoms with Gasteiger partial charge in [0.2, 0.25) is 0 Å². The molecule has 120 valence electrons. The second kappa shape index (κ2) is 6.97. The van der Waals surface area contributed by atoms with Crippen molar-refractivity contribution in [3.8, 4) is 0 Å². The Morgan fingerprint density at radius 2 is 1.95 bits per heavy atom. The Kier molecular flexibility index (Phi) is 5.46. The highest BCUT2D eigenvalue weighted by atomic mass is 28.3. The SMILES string of the molecule is C=CCCCC[Si](C)(NC(C)(C)C)C1C=Cc2ccccc21. The van der Waals surface area contributed by atoms with Crippen LogP contribution in [0, 0.1) is 0 Å². The van der Waals surface area contributed by atoms with Gasteiger partial charge in [-0.3, -0.25) is 0 Å². The number of rotatable bonds is 7. The lowest BCUT2D eigenvalue weighted by Gasteiger charge is -2.40. The molecule has 1 aliphatic carbocycles. The van der Waals surface area contributed by atoms with Gasteiger partial charge in [-0.2, -0.15) is 0 Å². The second-order valence-electron chi connectivity index (χ2n) is 7.79. The fraction of sp³-hybridized carbons (Fsp3) is 0.500. The summed E-state index contributed by atoms with van der Waals surface area (Å²) in [7, 11) is -1.62. The average Bonchev–Trinajstić information content (AvgIpc) is 2.86. The average molecular weight is 314 g/mol. The molecular weight excluding hydrogens is 282 g/mol. The molecule has 1 aromatic rings. The van der Waals surface area contributed by atoms with Crippen LogP contribution in [0.2, 0.25) is 12.6 Å². The molecule has 2 atom stereocenters. The minimum absolute atomic E-state index is 0.171. The predicted octanol–water partition coefficient (Wildman–Crippen LogP) is 5.66. The van der Waals surface area contributed by atoms with Crippen molar-refractivity contribution in [2.24, 2.45) is 0 Å². The van der Waals surface area contributed by atoms with Crippen LogP contribution < -0.4 is 4.98 Å². The van der Waals surface area contributed by atoms with E-state index in [-0.39, 0.29) is 5.54 Å². The number of nitrogens with one attached hydrogen (secondary N) is 1. The quantitative estimate of drug-likeness (QED) is 0.389. The van der Waals surface area contributed by atoms with E-state index in [0.717, 1.165) is 6.42 Å². The Morgan fingerprint density at radius 3 is 2.64 bits per heavy atom. The van der Waals surface area contributed by atoms with E-state index in [0.29, 0.717) is 5.54 Å². The van der Waals surface area contributed by atoms with Crippen molar-refractivity contribution in [3.05, 3.63) is 54.1 Å². The van der Waals surface area contributed by atoms with Crippen LogP contribution >= 0.6 is 0 Å². The molecule has 0 heterocycles. The molecule has 1 N–H and O–H groups in total. The highest BCUT2D eigenvalue weighted by Gasteiger charge is 2.40. The van der Waals surface area contributed by atoms with E-state index in [9.17, 15) is 0 Å². The molecule has 0 fully saturated rings. The Labute approximate surface area is 137 Å². The molecular formula is C20H31NSi. The molecule has 0 saturated carbocycles. The molecule has 22 heavy (non-hydrogen) atoms. The summed E-state index contributed by atoms with van der Waals surface area (Å²) >= 11 is 0. The molecule has 0 spiro atoms. The van der Waals surface area contributed by atoms with Crippen LogP contribution in [0.25, 0.3) is 6.08 Å². The smallest absolute Gasteiger partial charge is 0.134 e. The van der Waals surface area contributed by atoms with E-state index in [1.165, 1.54) is 30.0 Å². The van der Waals surface area contributed by atoms with Gasteiger partial charge in [0.1, 0.15) is 8.24 Å². The van der Waals surface area contributed by atoms with Gasteiger partial charge >= 0.3 is 0 Å². The van der Waals surface area contributed by atoms with Crippen molar-refractivity contribution in [2.75, 3.05) is 0 Å². The Bertz CT molecular complexity index is 541. The van der Waals surface area contributed by atoms with Crippen molar-refractivity contribution in [1.82, 2.24) is 4.98 Å². The topological polar surface area (TPSA) is 12.0 Å². The zero-order chi connectivity index (χ0) is 16.2. The number of hydrogen-bond donors (Lipinski definition) is 1. The molecule has 2 unspecified atom stereocenters. The van der Waals surface area contributed by atoms with Crippen molar-refractivity contribution in [3.63, 3.8) is 0 Å². The summed E-state index contributed by atoms with van der Waals surface area (Å²) in [6.07, 6.45) is 10.5. The van der Waals surface area contributed by atoms with E-state index in [4.69, 9.17) is 0 Å². The van der Waals surface area contributed by atoms with Crippen molar-refractivity contribution >= 4 is 14.3 Å². The molecule has 1 nitrogen and oxygen atoms in total. The normalized spacial score (nSPS) is 19.7. The van der Waals surface area contributed by atoms with E-state index in [1.54, 1.807) is 0 Å². The second-order valence-corrected chi connectivity index (χ2v) is 12.0. The summed E-state index contributed by atoms with van der Waals surface area (Å²) in [5, 5.41) is 0. The largest absolute Gasteiger partial charge is 0.332 e. The summed E-state index contributed by atoms with van der Waals surface area (Å²) in [6.45, 7) is 13.3. The molecule has 0 aliphatic heterocycles. The first-order chi connectivity index (χ1) is 10.4. The minimum atomic E-state index is -1.62. The third kappa shape index (κ3) is 4.20. The van der Waals surface area contributed by atoms with Gasteiger partial charge in [0.25, 0.3) is 0 Å². The molecule has 1 aromatic carbocycles. The fourth-order valence-electron chi connectivity index (χ4n) is 3.74. The Morgan fingerprint density at radius 1 is 1.23 bits per heavy atom. The Hall–Kier alpha value is -1.12. The van der Waals surface area contributed by atoms with Gasteiger partial charge in [0.15, 0.2) is 0 Å². The van der Waals surface area contributed by atoms with E-state index < -0.39 is 8.24 Å². The summed E-state index contributed by atoms with van der Waals surface area (Å²) < 4.78 is 0. The first-order valence-corrected chi connectivity index (χ1v) is 11.3. The highest BCUT2D eigenvalue weighted by Crippen LogP contribution is 2.39. The highest BCUT2D eigenvalue weighted by molar-refractivity contribution is 6.78. The minimum Gasteiger partial charge on any atom is -0.332 e. The lowest BCUT2D eigenvalue weighted by atomic mass is 10.1. The maximum atomic E-state index is 4.05. The molecule has 0 saturated heterocycles. The van der Waals surface area contributed by atoms with E-state index in [1.807, 2.05) is 6.08 Å². The molecule has 0 amide bonds. The number of benzene rings is 1. The van der Waals surface area contributed by atoms with Crippen molar-refractivity contribution in [1.29, 1.82) is 0 Å². The van der Waals surface area contributed by atoms with Crippen LogP contribution in [0.1, 0.15) is 56.7 Å². The maximum absolute atomic E-state index is 4.05. The van der Waals surface area contributed by atoms with Gasteiger partial charge in [-0.05, 0) is 44.4 Å². The van der Waals surface area contributed by atoms with Gasteiger partial charge in [-0.1, -0.05) is 61.9 Å². The molecule has 0 bridgehead atoms. The van der Waals surface area contributed by atoms with Gasteiger partial charge in [0.05, 0.1) is 0 Å². The molecule has 2 heteroatoms. The van der Waals surface area contributed by atoms with Crippen LogP contribution in [0.4, 0.5) is 0 Å². The third-order valence-corrected chi connectivity index (χ3v) is 9.09. The van der Waals surface area contributed by atoms with Crippen LogP contribution in [0.3, 0.4) is 0 Å².